The monoisotopic (exact) mass is 527 g/mol. The van der Waals surface area contributed by atoms with Gasteiger partial charge in [0.25, 0.3) is 0 Å². The predicted octanol–water partition coefficient (Wildman–Crippen LogP) is 6.00. The van der Waals surface area contributed by atoms with Gasteiger partial charge in [-0.05, 0) is 59.2 Å². The predicted molar refractivity (Wildman–Crippen MR) is 139 cm³/mol. The summed E-state index contributed by atoms with van der Waals surface area (Å²) < 4.78 is 54.5. The van der Waals surface area contributed by atoms with Crippen molar-refractivity contribution in [2.75, 3.05) is 10.0 Å². The molecule has 0 saturated heterocycles. The average molecular weight is 528 g/mol. The number of halogens is 3. The molecule has 1 atom stereocenters. The molecule has 6 nitrogen and oxygen atoms in total. The Labute approximate surface area is 214 Å². The van der Waals surface area contributed by atoms with Crippen molar-refractivity contribution >= 4 is 28.4 Å². The fraction of sp³-hybridized carbons (Fsp3) is 0.0741. The first-order chi connectivity index (χ1) is 17.3. The highest BCUT2D eigenvalue weighted by Gasteiger charge is 2.30. The summed E-state index contributed by atoms with van der Waals surface area (Å²) in [5.74, 6) is 0. The number of benzene rings is 4. The third-order valence-corrected chi connectivity index (χ3v) is 6.41. The molecule has 1 unspecified atom stereocenters. The van der Waals surface area contributed by atoms with E-state index in [1.807, 2.05) is 48.5 Å². The number of amides is 2. The van der Waals surface area contributed by atoms with E-state index in [1.165, 1.54) is 12.1 Å². The normalized spacial score (nSPS) is 11.6. The van der Waals surface area contributed by atoms with Crippen LogP contribution in [0.25, 0.3) is 11.1 Å². The molecule has 4 aromatic carbocycles. The van der Waals surface area contributed by atoms with Gasteiger partial charge in [0, 0.05) is 17.9 Å². The van der Waals surface area contributed by atoms with Gasteiger partial charge in [-0.15, -0.1) is 0 Å². The molecule has 0 bridgehead atoms. The molecule has 0 saturated carbocycles. The van der Waals surface area contributed by atoms with E-state index in [1.54, 1.807) is 30.3 Å². The zero-order valence-corrected chi connectivity index (χ0v) is 20.2. The summed E-state index contributed by atoms with van der Waals surface area (Å²) in [6.07, 6.45) is -4.44. The minimum atomic E-state index is -4.44. The fourth-order valence-corrected chi connectivity index (χ4v) is 4.53. The van der Waals surface area contributed by atoms with Crippen LogP contribution in [-0.2, 0) is 23.7 Å². The molecule has 0 radical (unpaired) electrons. The summed E-state index contributed by atoms with van der Waals surface area (Å²) in [6.45, 7) is -0.0603. The van der Waals surface area contributed by atoms with Gasteiger partial charge in [-0.25, -0.2) is 9.00 Å². The molecule has 0 aromatic heterocycles. The SMILES string of the molecule is O.O=C(NCc1cccc(C(F)(F)F)c1)Nc1ccc(NS(=O)c2ccccc2-c2ccccc2)cc1. The standard InChI is InChI=1S/C27H22F3N3O2S.H2O/c28-27(29,30)21-10-6-7-19(17-21)18-31-26(34)32-22-13-15-23(16-14-22)33-36(35)25-12-5-4-11-24(25)20-8-2-1-3-9-20;/h1-17,33H,18H2,(H2,31,32,34);1H2. The molecule has 0 aliphatic carbocycles. The van der Waals surface area contributed by atoms with Gasteiger partial charge < -0.3 is 20.8 Å². The van der Waals surface area contributed by atoms with Crippen molar-refractivity contribution in [3.8, 4) is 11.1 Å². The molecule has 5 N–H and O–H groups in total. The van der Waals surface area contributed by atoms with Crippen LogP contribution >= 0.6 is 0 Å². The summed E-state index contributed by atoms with van der Waals surface area (Å²) in [6, 6.07) is 27.9. The number of alkyl halides is 3. The van der Waals surface area contributed by atoms with E-state index in [4.69, 9.17) is 0 Å². The van der Waals surface area contributed by atoms with E-state index >= 15 is 0 Å². The van der Waals surface area contributed by atoms with E-state index in [9.17, 15) is 22.2 Å². The van der Waals surface area contributed by atoms with Crippen LogP contribution in [0.2, 0.25) is 0 Å². The Morgan fingerprint density at radius 2 is 1.43 bits per heavy atom. The van der Waals surface area contributed by atoms with Crippen LogP contribution in [0.1, 0.15) is 11.1 Å². The van der Waals surface area contributed by atoms with E-state index in [2.05, 4.69) is 15.4 Å². The first-order valence-corrected chi connectivity index (χ1v) is 12.1. The molecule has 4 rings (SSSR count). The third kappa shape index (κ3) is 7.42. The average Bonchev–Trinajstić information content (AvgIpc) is 2.89. The van der Waals surface area contributed by atoms with Crippen LogP contribution in [0.15, 0.2) is 108 Å². The summed E-state index contributed by atoms with van der Waals surface area (Å²) in [5.41, 5.74) is 2.44. The summed E-state index contributed by atoms with van der Waals surface area (Å²) in [5, 5.41) is 5.16. The Morgan fingerprint density at radius 3 is 2.14 bits per heavy atom. The third-order valence-electron chi connectivity index (χ3n) is 5.23. The van der Waals surface area contributed by atoms with Gasteiger partial charge in [0.15, 0.2) is 11.0 Å². The maximum Gasteiger partial charge on any atom is 0.416 e. The molecular weight excluding hydrogens is 503 g/mol. The first-order valence-electron chi connectivity index (χ1n) is 10.9. The number of rotatable bonds is 7. The van der Waals surface area contributed by atoms with Crippen LogP contribution in [-0.4, -0.2) is 15.7 Å². The van der Waals surface area contributed by atoms with Gasteiger partial charge in [0.05, 0.1) is 10.5 Å². The number of anilines is 2. The van der Waals surface area contributed by atoms with E-state index < -0.39 is 28.8 Å². The van der Waals surface area contributed by atoms with Crippen LogP contribution in [0.4, 0.5) is 29.3 Å². The number of urea groups is 1. The maximum absolute atomic E-state index is 13.0. The summed E-state index contributed by atoms with van der Waals surface area (Å²) in [7, 11) is -1.53. The van der Waals surface area contributed by atoms with Crippen LogP contribution in [0.5, 0.6) is 0 Å². The van der Waals surface area contributed by atoms with E-state index in [0.29, 0.717) is 21.8 Å². The number of hydrogen-bond donors (Lipinski definition) is 3. The van der Waals surface area contributed by atoms with Crippen molar-refractivity contribution in [3.05, 3.63) is 114 Å². The van der Waals surface area contributed by atoms with Gasteiger partial charge in [-0.2, -0.15) is 13.2 Å². The maximum atomic E-state index is 13.0. The smallest absolute Gasteiger partial charge is 0.412 e. The largest absolute Gasteiger partial charge is 0.416 e. The molecule has 0 aliphatic rings. The second-order valence-corrected chi connectivity index (χ2v) is 9.00. The van der Waals surface area contributed by atoms with Gasteiger partial charge in [0.2, 0.25) is 0 Å². The molecule has 0 fully saturated rings. The lowest BCUT2D eigenvalue weighted by Gasteiger charge is -2.12. The quantitative estimate of drug-likeness (QED) is 0.274. The summed E-state index contributed by atoms with van der Waals surface area (Å²) >= 11 is 0. The van der Waals surface area contributed by atoms with Gasteiger partial charge in [-0.1, -0.05) is 60.7 Å². The second kappa shape index (κ2) is 12.2. The van der Waals surface area contributed by atoms with Crippen molar-refractivity contribution < 1.29 is 27.7 Å². The molecule has 192 valence electrons. The number of carbonyl (C=O) groups excluding carboxylic acids is 1. The highest BCUT2D eigenvalue weighted by atomic mass is 32.2. The van der Waals surface area contributed by atoms with Crippen molar-refractivity contribution in [2.45, 2.75) is 17.6 Å². The number of hydrogen-bond acceptors (Lipinski definition) is 2. The van der Waals surface area contributed by atoms with E-state index in [0.717, 1.165) is 23.3 Å². The molecular formula is C27H24F3N3O3S. The number of carbonyl (C=O) groups is 1. The lowest BCUT2D eigenvalue weighted by atomic mass is 10.1. The van der Waals surface area contributed by atoms with E-state index in [-0.39, 0.29) is 12.0 Å². The van der Waals surface area contributed by atoms with Crippen LogP contribution in [0.3, 0.4) is 0 Å². The molecule has 37 heavy (non-hydrogen) atoms. The molecule has 0 spiro atoms. The topological polar surface area (TPSA) is 102 Å². The molecule has 10 heteroatoms. The van der Waals surface area contributed by atoms with Crippen LogP contribution < -0.4 is 15.4 Å². The first kappa shape index (κ1) is 27.4. The molecule has 4 aromatic rings. The molecule has 0 aliphatic heterocycles. The lowest BCUT2D eigenvalue weighted by Crippen LogP contribution is -2.28. The zero-order valence-electron chi connectivity index (χ0n) is 19.4. The van der Waals surface area contributed by atoms with Crippen molar-refractivity contribution in [3.63, 3.8) is 0 Å². The minimum absolute atomic E-state index is 0. The highest BCUT2D eigenvalue weighted by Crippen LogP contribution is 2.30. The summed E-state index contributed by atoms with van der Waals surface area (Å²) in [4.78, 5) is 12.8. The number of nitrogens with one attached hydrogen (secondary N) is 3. The lowest BCUT2D eigenvalue weighted by molar-refractivity contribution is -0.137. The van der Waals surface area contributed by atoms with Crippen LogP contribution in [0, 0.1) is 0 Å². The minimum Gasteiger partial charge on any atom is -0.412 e. The van der Waals surface area contributed by atoms with Gasteiger partial charge in [-0.3, -0.25) is 0 Å². The Morgan fingerprint density at radius 1 is 0.784 bits per heavy atom. The highest BCUT2D eigenvalue weighted by molar-refractivity contribution is 7.86. The Balaban J connectivity index is 0.00000380. The van der Waals surface area contributed by atoms with Gasteiger partial charge in [0.1, 0.15) is 0 Å². The Bertz CT molecular complexity index is 1360. The van der Waals surface area contributed by atoms with Crippen molar-refractivity contribution in [2.24, 2.45) is 0 Å². The molecule has 2 amide bonds. The zero-order chi connectivity index (χ0) is 25.5. The van der Waals surface area contributed by atoms with Crippen molar-refractivity contribution in [1.82, 2.24) is 5.32 Å². The Hall–Kier alpha value is -4.15. The van der Waals surface area contributed by atoms with Crippen molar-refractivity contribution in [1.29, 1.82) is 0 Å². The fourth-order valence-electron chi connectivity index (χ4n) is 3.48. The van der Waals surface area contributed by atoms with Gasteiger partial charge >= 0.3 is 12.2 Å². The second-order valence-electron chi connectivity index (χ2n) is 7.82. The Kier molecular flexibility index (Phi) is 9.05. The molecule has 0 heterocycles.